The molecule has 22 heavy (non-hydrogen) atoms. The van der Waals surface area contributed by atoms with Crippen LogP contribution in [0.1, 0.15) is 41.2 Å². The Kier molecular flexibility index (Phi) is 5.31. The van der Waals surface area contributed by atoms with E-state index >= 15 is 0 Å². The van der Waals surface area contributed by atoms with Gasteiger partial charge in [-0.2, -0.15) is 13.2 Å². The van der Waals surface area contributed by atoms with E-state index in [1.807, 2.05) is 0 Å². The van der Waals surface area contributed by atoms with Gasteiger partial charge in [-0.05, 0) is 18.6 Å². The Morgan fingerprint density at radius 2 is 1.73 bits per heavy atom. The molecule has 0 aliphatic carbocycles. The Hall–Kier alpha value is -2.17. The van der Waals surface area contributed by atoms with E-state index in [0.717, 1.165) is 0 Å². The summed E-state index contributed by atoms with van der Waals surface area (Å²) in [6.45, 7) is 0. The maximum absolute atomic E-state index is 12.7. The first-order valence-electron chi connectivity index (χ1n) is 7.01. The van der Waals surface area contributed by atoms with E-state index in [0.29, 0.717) is 11.3 Å². The molecule has 0 aliphatic rings. The summed E-state index contributed by atoms with van der Waals surface area (Å²) in [5, 5.41) is 0. The summed E-state index contributed by atoms with van der Waals surface area (Å²) in [5.41, 5.74) is 0.898. The Morgan fingerprint density at radius 1 is 1.05 bits per heavy atom. The number of hydrogen-bond donors (Lipinski definition) is 0. The Labute approximate surface area is 127 Å². The molecule has 1 aromatic heterocycles. The van der Waals surface area contributed by atoms with Crippen LogP contribution in [0.15, 0.2) is 54.7 Å². The molecule has 2 aromatic rings. The van der Waals surface area contributed by atoms with Gasteiger partial charge >= 0.3 is 6.18 Å². The first kappa shape index (κ1) is 16.2. The number of nitrogens with zero attached hydrogens (tertiary/aromatic N) is 1. The number of ketones is 1. The fourth-order valence-electron chi connectivity index (χ4n) is 2.33. The number of benzene rings is 1. The number of rotatable bonds is 6. The van der Waals surface area contributed by atoms with E-state index in [2.05, 4.69) is 4.98 Å². The number of Topliss-reactive ketones (excluding diaryl/α,β-unsaturated/α-hetero) is 1. The highest BCUT2D eigenvalue weighted by Gasteiger charge is 2.33. The zero-order valence-electron chi connectivity index (χ0n) is 11.9. The van der Waals surface area contributed by atoms with Gasteiger partial charge in [0.05, 0.1) is 6.42 Å². The van der Waals surface area contributed by atoms with Gasteiger partial charge in [-0.3, -0.25) is 9.78 Å². The third-order valence-electron chi connectivity index (χ3n) is 3.40. The van der Waals surface area contributed by atoms with Gasteiger partial charge in [0.25, 0.3) is 0 Å². The molecule has 2 nitrogen and oxygen atoms in total. The minimum Gasteiger partial charge on any atom is -0.294 e. The number of pyridine rings is 1. The van der Waals surface area contributed by atoms with E-state index in [4.69, 9.17) is 0 Å². The van der Waals surface area contributed by atoms with Crippen molar-refractivity contribution in [1.82, 2.24) is 4.98 Å². The molecule has 116 valence electrons. The van der Waals surface area contributed by atoms with Gasteiger partial charge in [-0.25, -0.2) is 0 Å². The molecule has 2 rings (SSSR count). The average Bonchev–Trinajstić information content (AvgIpc) is 2.52. The smallest absolute Gasteiger partial charge is 0.294 e. The minimum absolute atomic E-state index is 0.0708. The minimum atomic E-state index is -4.28. The van der Waals surface area contributed by atoms with E-state index in [1.54, 1.807) is 48.5 Å². The molecule has 0 aliphatic heterocycles. The van der Waals surface area contributed by atoms with Crippen LogP contribution in [-0.4, -0.2) is 16.9 Å². The van der Waals surface area contributed by atoms with Crippen LogP contribution in [0.2, 0.25) is 0 Å². The van der Waals surface area contributed by atoms with Crippen molar-refractivity contribution < 1.29 is 18.0 Å². The molecule has 0 saturated heterocycles. The normalized spacial score (nSPS) is 12.9. The van der Waals surface area contributed by atoms with Crippen molar-refractivity contribution in [3.8, 4) is 0 Å². The highest BCUT2D eigenvalue weighted by atomic mass is 19.4. The largest absolute Gasteiger partial charge is 0.389 e. The fraction of sp³-hybridized carbons (Fsp3) is 0.294. The highest BCUT2D eigenvalue weighted by Crippen LogP contribution is 2.33. The summed E-state index contributed by atoms with van der Waals surface area (Å²) in [5.74, 6) is -0.947. The van der Waals surface area contributed by atoms with Gasteiger partial charge in [0.1, 0.15) is 0 Å². The third kappa shape index (κ3) is 4.98. The van der Waals surface area contributed by atoms with Gasteiger partial charge in [0.2, 0.25) is 0 Å². The van der Waals surface area contributed by atoms with Crippen LogP contribution in [0.5, 0.6) is 0 Å². The lowest BCUT2D eigenvalue weighted by molar-refractivity contribution is -0.139. The van der Waals surface area contributed by atoms with Crippen LogP contribution >= 0.6 is 0 Å². The van der Waals surface area contributed by atoms with Crippen LogP contribution in [-0.2, 0) is 0 Å². The second kappa shape index (κ2) is 7.20. The average molecular weight is 307 g/mol. The lowest BCUT2D eigenvalue weighted by Gasteiger charge is -2.18. The van der Waals surface area contributed by atoms with Gasteiger partial charge in [-0.15, -0.1) is 0 Å². The molecule has 5 heteroatoms. The van der Waals surface area contributed by atoms with Crippen molar-refractivity contribution in [1.29, 1.82) is 0 Å². The summed E-state index contributed by atoms with van der Waals surface area (Å²) in [6.07, 6.45) is -3.58. The van der Waals surface area contributed by atoms with Crippen molar-refractivity contribution in [2.75, 3.05) is 0 Å². The van der Waals surface area contributed by atoms with E-state index in [9.17, 15) is 18.0 Å². The molecule has 1 atom stereocenters. The number of aromatic nitrogens is 1. The van der Waals surface area contributed by atoms with E-state index in [1.165, 1.54) is 6.20 Å². The van der Waals surface area contributed by atoms with Crippen molar-refractivity contribution in [2.24, 2.45) is 0 Å². The highest BCUT2D eigenvalue weighted by molar-refractivity contribution is 5.95. The summed E-state index contributed by atoms with van der Waals surface area (Å²) in [7, 11) is 0. The zero-order valence-corrected chi connectivity index (χ0v) is 11.9. The standard InChI is InChI=1S/C17H16F3NO/c18-17(19,20)12-14(15-8-4-5-11-21-15)9-10-16(22)13-6-2-1-3-7-13/h1-8,11,14H,9-10,12H2. The Bertz CT molecular complexity index is 596. The van der Waals surface area contributed by atoms with Crippen molar-refractivity contribution in [3.63, 3.8) is 0 Å². The Morgan fingerprint density at radius 3 is 2.32 bits per heavy atom. The molecular weight excluding hydrogens is 291 g/mol. The molecule has 0 radical (unpaired) electrons. The third-order valence-corrected chi connectivity index (χ3v) is 3.40. The predicted octanol–water partition coefficient (Wildman–Crippen LogP) is 4.78. The van der Waals surface area contributed by atoms with Crippen molar-refractivity contribution >= 4 is 5.78 Å². The second-order valence-corrected chi connectivity index (χ2v) is 5.10. The van der Waals surface area contributed by atoms with Gasteiger partial charge < -0.3 is 0 Å². The summed E-state index contributed by atoms with van der Waals surface area (Å²) >= 11 is 0. The maximum atomic E-state index is 12.7. The molecule has 0 amide bonds. The van der Waals surface area contributed by atoms with Crippen molar-refractivity contribution in [2.45, 2.75) is 31.4 Å². The summed E-state index contributed by atoms with van der Waals surface area (Å²) in [6, 6.07) is 13.5. The Balaban J connectivity index is 2.05. The molecule has 1 aromatic carbocycles. The number of carbonyl (C=O) groups excluding carboxylic acids is 1. The lowest BCUT2D eigenvalue weighted by Crippen LogP contribution is -2.16. The summed E-state index contributed by atoms with van der Waals surface area (Å²) < 4.78 is 38.2. The van der Waals surface area contributed by atoms with Crippen molar-refractivity contribution in [3.05, 3.63) is 66.0 Å². The second-order valence-electron chi connectivity index (χ2n) is 5.10. The maximum Gasteiger partial charge on any atom is 0.389 e. The molecule has 1 unspecified atom stereocenters. The van der Waals surface area contributed by atoms with E-state index in [-0.39, 0.29) is 18.6 Å². The van der Waals surface area contributed by atoms with Crippen LogP contribution in [0.4, 0.5) is 13.2 Å². The van der Waals surface area contributed by atoms with Gasteiger partial charge in [0, 0.05) is 29.8 Å². The quantitative estimate of drug-likeness (QED) is 0.719. The number of hydrogen-bond acceptors (Lipinski definition) is 2. The molecular formula is C17H16F3NO. The monoisotopic (exact) mass is 307 g/mol. The van der Waals surface area contributed by atoms with Crippen LogP contribution in [0, 0.1) is 0 Å². The first-order chi connectivity index (χ1) is 10.5. The van der Waals surface area contributed by atoms with E-state index < -0.39 is 18.5 Å². The lowest BCUT2D eigenvalue weighted by atomic mass is 9.92. The topological polar surface area (TPSA) is 30.0 Å². The fourth-order valence-corrected chi connectivity index (χ4v) is 2.33. The SMILES string of the molecule is O=C(CCC(CC(F)(F)F)c1ccccn1)c1ccccc1. The number of carbonyl (C=O) groups is 1. The van der Waals surface area contributed by atoms with Gasteiger partial charge in [-0.1, -0.05) is 36.4 Å². The van der Waals surface area contributed by atoms with Crippen LogP contribution < -0.4 is 0 Å². The summed E-state index contributed by atoms with van der Waals surface area (Å²) in [4.78, 5) is 16.0. The molecule has 0 bridgehead atoms. The molecule has 0 N–H and O–H groups in total. The molecule has 0 fully saturated rings. The van der Waals surface area contributed by atoms with Crippen LogP contribution in [0.25, 0.3) is 0 Å². The zero-order chi connectivity index (χ0) is 16.0. The molecule has 0 spiro atoms. The molecule has 0 saturated carbocycles. The van der Waals surface area contributed by atoms with Gasteiger partial charge in [0.15, 0.2) is 5.78 Å². The first-order valence-corrected chi connectivity index (χ1v) is 7.01. The van der Waals surface area contributed by atoms with Crippen LogP contribution in [0.3, 0.4) is 0 Å². The molecule has 1 heterocycles. The number of halogens is 3. The number of alkyl halides is 3. The predicted molar refractivity (Wildman–Crippen MR) is 77.7 cm³/mol.